The minimum atomic E-state index is -1.38. The number of nitrogens with zero attached hydrogens (tertiary/aromatic N) is 1. The van der Waals surface area contributed by atoms with Gasteiger partial charge in [0.1, 0.15) is 5.54 Å². The van der Waals surface area contributed by atoms with Crippen LogP contribution in [0, 0.1) is 13.8 Å². The minimum absolute atomic E-state index is 0.155. The number of ketones is 1. The summed E-state index contributed by atoms with van der Waals surface area (Å²) in [6.07, 6.45) is 0. The van der Waals surface area contributed by atoms with Crippen molar-refractivity contribution in [1.82, 2.24) is 15.2 Å². The molecule has 0 aliphatic carbocycles. The topological polar surface area (TPSA) is 109 Å². The van der Waals surface area contributed by atoms with Crippen LogP contribution in [0.5, 0.6) is 0 Å². The number of aromatic nitrogens is 1. The molecule has 1 aliphatic rings. The number of aromatic amines is 1. The quantitative estimate of drug-likeness (QED) is 0.415. The van der Waals surface area contributed by atoms with Gasteiger partial charge in [0.15, 0.2) is 5.78 Å². The maximum absolute atomic E-state index is 13.1. The maximum Gasteiger partial charge on any atom is 0.340 e. The van der Waals surface area contributed by atoms with Crippen molar-refractivity contribution in [2.45, 2.75) is 33.2 Å². The predicted molar refractivity (Wildman–Crippen MR) is 110 cm³/mol. The average Bonchev–Trinajstić information content (AvgIpc) is 3.10. The standard InChI is InChI=1S/C21H22ClN3O5/c1-5-30-18(27)16-11(2)17(23-12(16)3)15(26)10-25-19(28)21(4,24-20(25)29)13-8-6-7-9-14(13)22/h6-9,23H,5,10H2,1-4H3,(H,24,29)/t21-/m1/s1. The summed E-state index contributed by atoms with van der Waals surface area (Å²) in [7, 11) is 0. The summed E-state index contributed by atoms with van der Waals surface area (Å²) in [5.41, 5.74) is 0.383. The number of hydrogen-bond donors (Lipinski definition) is 2. The number of hydrogen-bond acceptors (Lipinski definition) is 5. The van der Waals surface area contributed by atoms with Crippen LogP contribution in [0.4, 0.5) is 4.79 Å². The Labute approximate surface area is 178 Å². The molecule has 0 saturated carbocycles. The van der Waals surface area contributed by atoms with Crippen molar-refractivity contribution in [3.8, 4) is 0 Å². The first-order chi connectivity index (χ1) is 14.1. The van der Waals surface area contributed by atoms with Gasteiger partial charge < -0.3 is 15.0 Å². The second-order valence-electron chi connectivity index (χ2n) is 7.19. The summed E-state index contributed by atoms with van der Waals surface area (Å²) in [5.74, 6) is -1.62. The summed E-state index contributed by atoms with van der Waals surface area (Å²) in [5, 5.41) is 2.96. The monoisotopic (exact) mass is 431 g/mol. The Hall–Kier alpha value is -3.13. The molecule has 3 rings (SSSR count). The van der Waals surface area contributed by atoms with Crippen molar-refractivity contribution in [1.29, 1.82) is 0 Å². The summed E-state index contributed by atoms with van der Waals surface area (Å²) in [6.45, 7) is 6.22. The molecule has 8 nitrogen and oxygen atoms in total. The average molecular weight is 432 g/mol. The van der Waals surface area contributed by atoms with Crippen molar-refractivity contribution in [3.05, 3.63) is 57.4 Å². The fourth-order valence-corrected chi connectivity index (χ4v) is 3.98. The van der Waals surface area contributed by atoms with Gasteiger partial charge in [-0.1, -0.05) is 29.8 Å². The number of carbonyl (C=O) groups is 4. The molecule has 158 valence electrons. The van der Waals surface area contributed by atoms with Crippen molar-refractivity contribution >= 4 is 35.3 Å². The molecule has 3 amide bonds. The van der Waals surface area contributed by atoms with E-state index in [-0.39, 0.29) is 17.9 Å². The van der Waals surface area contributed by atoms with Crippen LogP contribution in [0.15, 0.2) is 24.3 Å². The van der Waals surface area contributed by atoms with Crippen LogP contribution in [-0.4, -0.2) is 46.7 Å². The lowest BCUT2D eigenvalue weighted by Gasteiger charge is -2.23. The summed E-state index contributed by atoms with van der Waals surface area (Å²) in [4.78, 5) is 54.3. The number of rotatable bonds is 6. The van der Waals surface area contributed by atoms with E-state index in [1.54, 1.807) is 52.0 Å². The second-order valence-corrected chi connectivity index (χ2v) is 7.60. The maximum atomic E-state index is 13.1. The van der Waals surface area contributed by atoms with E-state index >= 15 is 0 Å². The number of H-pyrrole nitrogens is 1. The van der Waals surface area contributed by atoms with E-state index in [1.807, 2.05) is 0 Å². The van der Waals surface area contributed by atoms with Gasteiger partial charge in [0.2, 0.25) is 0 Å². The van der Waals surface area contributed by atoms with E-state index in [2.05, 4.69) is 10.3 Å². The number of Topliss-reactive ketones (excluding diaryl/α,β-unsaturated/α-hetero) is 1. The Morgan fingerprint density at radius 1 is 1.20 bits per heavy atom. The molecule has 30 heavy (non-hydrogen) atoms. The number of ether oxygens (including phenoxy) is 1. The first-order valence-electron chi connectivity index (χ1n) is 9.40. The van der Waals surface area contributed by atoms with E-state index in [1.165, 1.54) is 0 Å². The van der Waals surface area contributed by atoms with Gasteiger partial charge in [0.25, 0.3) is 5.91 Å². The molecule has 2 heterocycles. The number of carbonyl (C=O) groups excluding carboxylic acids is 4. The normalized spacial score (nSPS) is 18.5. The number of amides is 3. The molecule has 1 atom stereocenters. The number of urea groups is 1. The highest BCUT2D eigenvalue weighted by atomic mass is 35.5. The molecule has 1 aromatic carbocycles. The molecule has 0 spiro atoms. The second kappa shape index (κ2) is 7.95. The van der Waals surface area contributed by atoms with Crippen molar-refractivity contribution in [3.63, 3.8) is 0 Å². The number of esters is 1. The molecule has 1 saturated heterocycles. The zero-order valence-corrected chi connectivity index (χ0v) is 17.8. The highest BCUT2D eigenvalue weighted by Crippen LogP contribution is 2.33. The summed E-state index contributed by atoms with van der Waals surface area (Å²) < 4.78 is 5.03. The SMILES string of the molecule is CCOC(=O)c1c(C)[nH]c(C(=O)CN2C(=O)N[C@](C)(c3ccccc3Cl)C2=O)c1C. The van der Waals surface area contributed by atoms with Gasteiger partial charge in [-0.05, 0) is 39.3 Å². The third-order valence-corrected chi connectivity index (χ3v) is 5.51. The van der Waals surface area contributed by atoms with E-state index in [0.29, 0.717) is 21.8 Å². The van der Waals surface area contributed by atoms with Crippen LogP contribution in [0.2, 0.25) is 5.02 Å². The van der Waals surface area contributed by atoms with Crippen molar-refractivity contribution in [2.75, 3.05) is 13.2 Å². The number of halogens is 1. The van der Waals surface area contributed by atoms with Gasteiger partial charge in [-0.25, -0.2) is 9.59 Å². The third-order valence-electron chi connectivity index (χ3n) is 5.19. The number of imide groups is 1. The van der Waals surface area contributed by atoms with Crippen LogP contribution < -0.4 is 5.32 Å². The lowest BCUT2D eigenvalue weighted by atomic mass is 9.92. The lowest BCUT2D eigenvalue weighted by molar-refractivity contribution is -0.130. The molecule has 2 N–H and O–H groups in total. The largest absolute Gasteiger partial charge is 0.462 e. The first kappa shape index (κ1) is 21.6. The van der Waals surface area contributed by atoms with Gasteiger partial charge >= 0.3 is 12.0 Å². The van der Waals surface area contributed by atoms with E-state index < -0.39 is 35.8 Å². The zero-order valence-electron chi connectivity index (χ0n) is 17.1. The van der Waals surface area contributed by atoms with Crippen LogP contribution in [-0.2, 0) is 15.1 Å². The van der Waals surface area contributed by atoms with Gasteiger partial charge in [0.05, 0.1) is 24.4 Å². The van der Waals surface area contributed by atoms with Gasteiger partial charge in [-0.2, -0.15) is 0 Å². The van der Waals surface area contributed by atoms with Crippen LogP contribution in [0.3, 0.4) is 0 Å². The summed E-state index contributed by atoms with van der Waals surface area (Å²) >= 11 is 6.21. The highest BCUT2D eigenvalue weighted by Gasteiger charge is 2.50. The molecule has 0 unspecified atom stereocenters. The van der Waals surface area contributed by atoms with E-state index in [0.717, 1.165) is 4.90 Å². The van der Waals surface area contributed by atoms with Crippen molar-refractivity contribution < 1.29 is 23.9 Å². The predicted octanol–water partition coefficient (Wildman–Crippen LogP) is 3.11. The number of benzene rings is 1. The molecule has 1 aromatic heterocycles. The molecule has 0 bridgehead atoms. The smallest absolute Gasteiger partial charge is 0.340 e. The zero-order chi connectivity index (χ0) is 22.2. The molecule has 2 aromatic rings. The Bertz CT molecular complexity index is 1060. The fourth-order valence-electron chi connectivity index (χ4n) is 3.65. The highest BCUT2D eigenvalue weighted by molar-refractivity contribution is 6.32. The van der Waals surface area contributed by atoms with Crippen LogP contribution in [0.1, 0.15) is 51.5 Å². The Balaban J connectivity index is 1.87. The Kier molecular flexibility index (Phi) is 5.72. The third kappa shape index (κ3) is 3.47. The Morgan fingerprint density at radius 2 is 1.87 bits per heavy atom. The van der Waals surface area contributed by atoms with Crippen molar-refractivity contribution in [2.24, 2.45) is 0 Å². The first-order valence-corrected chi connectivity index (χ1v) is 9.78. The van der Waals surface area contributed by atoms with Gasteiger partial charge in [-0.15, -0.1) is 0 Å². The minimum Gasteiger partial charge on any atom is -0.462 e. The lowest BCUT2D eigenvalue weighted by Crippen LogP contribution is -2.41. The molecule has 0 radical (unpaired) electrons. The van der Waals surface area contributed by atoms with Gasteiger partial charge in [-0.3, -0.25) is 14.5 Å². The molecular weight excluding hydrogens is 410 g/mol. The summed E-state index contributed by atoms with van der Waals surface area (Å²) in [6, 6.07) is 6.01. The van der Waals surface area contributed by atoms with Gasteiger partial charge in [0, 0.05) is 16.3 Å². The molecule has 1 fully saturated rings. The molecule has 9 heteroatoms. The molecular formula is C21H22ClN3O5. The number of nitrogens with one attached hydrogen (secondary N) is 2. The van der Waals surface area contributed by atoms with E-state index in [9.17, 15) is 19.2 Å². The molecule has 1 aliphatic heterocycles. The van der Waals surface area contributed by atoms with E-state index in [4.69, 9.17) is 16.3 Å². The fraction of sp³-hybridized carbons (Fsp3) is 0.333. The van der Waals surface area contributed by atoms with Crippen LogP contribution in [0.25, 0.3) is 0 Å². The Morgan fingerprint density at radius 3 is 2.50 bits per heavy atom. The number of aryl methyl sites for hydroxylation is 1. The van der Waals surface area contributed by atoms with Crippen LogP contribution >= 0.6 is 11.6 Å².